The van der Waals surface area contributed by atoms with Crippen molar-refractivity contribution in [3.8, 4) is 0 Å². The first-order chi connectivity index (χ1) is 34.4. The Kier molecular flexibility index (Phi) is 47.0. The van der Waals surface area contributed by atoms with Crippen molar-refractivity contribution in [2.45, 2.75) is 200 Å². The van der Waals surface area contributed by atoms with Gasteiger partial charge in [-0.25, -0.2) is 4.57 Å². The largest absolute Gasteiger partial charge is 0.472 e. The Hall–Kier alpha value is -3.85. The number of hydrogen-bond acceptors (Lipinski definition) is 6. The molecular formula is C61H102N2O7P+. The Morgan fingerprint density at radius 3 is 1.54 bits per heavy atom. The van der Waals surface area contributed by atoms with Crippen LogP contribution in [0.2, 0.25) is 0 Å². The van der Waals surface area contributed by atoms with Crippen molar-refractivity contribution in [2.24, 2.45) is 0 Å². The van der Waals surface area contributed by atoms with E-state index in [9.17, 15) is 19.0 Å². The molecule has 0 aliphatic rings. The average molecular weight is 1010 g/mol. The lowest BCUT2D eigenvalue weighted by molar-refractivity contribution is -0.870. The molecule has 0 spiro atoms. The molecule has 0 rings (SSSR count). The number of nitrogens with zero attached hydrogens (tertiary/aromatic N) is 1. The van der Waals surface area contributed by atoms with E-state index in [0.717, 1.165) is 70.6 Å². The average Bonchev–Trinajstić information content (AvgIpc) is 3.33. The van der Waals surface area contributed by atoms with Crippen molar-refractivity contribution < 1.29 is 37.3 Å². The molecule has 3 atom stereocenters. The molecule has 9 nitrogen and oxygen atoms in total. The summed E-state index contributed by atoms with van der Waals surface area (Å²) < 4.78 is 30.5. The van der Waals surface area contributed by atoms with Crippen molar-refractivity contribution in [1.29, 1.82) is 0 Å². The summed E-state index contributed by atoms with van der Waals surface area (Å²) in [6.07, 6.45) is 70.3. The molecule has 0 bridgehead atoms. The molecule has 0 saturated carbocycles. The minimum absolute atomic E-state index is 0.0144. The summed E-state index contributed by atoms with van der Waals surface area (Å²) in [6.45, 7) is 6.72. The Morgan fingerprint density at radius 1 is 0.521 bits per heavy atom. The number of allylic oxidation sites excluding steroid dienone is 21. The normalized spacial score (nSPS) is 14.9. The summed E-state index contributed by atoms with van der Waals surface area (Å²) in [5, 5.41) is 3.00. The van der Waals surface area contributed by atoms with Crippen LogP contribution in [-0.2, 0) is 27.9 Å². The van der Waals surface area contributed by atoms with Crippen LogP contribution in [0, 0.1) is 0 Å². The molecule has 10 heteroatoms. The van der Waals surface area contributed by atoms with Crippen molar-refractivity contribution in [3.63, 3.8) is 0 Å². The van der Waals surface area contributed by atoms with Crippen LogP contribution in [0.3, 0.4) is 0 Å². The van der Waals surface area contributed by atoms with Crippen LogP contribution in [-0.4, -0.2) is 74.3 Å². The maximum absolute atomic E-state index is 13.5. The molecule has 402 valence electrons. The van der Waals surface area contributed by atoms with Crippen LogP contribution >= 0.6 is 7.82 Å². The molecule has 2 N–H and O–H groups in total. The number of ether oxygens (including phenoxy) is 1. The molecular weight excluding hydrogens is 904 g/mol. The van der Waals surface area contributed by atoms with Gasteiger partial charge in [-0.05, 0) is 89.5 Å². The minimum atomic E-state index is -4.48. The van der Waals surface area contributed by atoms with Gasteiger partial charge in [-0.1, -0.05) is 219 Å². The van der Waals surface area contributed by atoms with E-state index in [1.54, 1.807) is 0 Å². The number of carbonyl (C=O) groups excluding carboxylic acids is 2. The Labute approximate surface area is 435 Å². The fraction of sp³-hybridized carbons (Fsp3) is 0.607. The van der Waals surface area contributed by atoms with Gasteiger partial charge in [-0.15, -0.1) is 0 Å². The van der Waals surface area contributed by atoms with E-state index < -0.39 is 25.9 Å². The number of phosphoric acid groups is 1. The Bertz CT molecular complexity index is 1680. The molecule has 0 aliphatic carbocycles. The van der Waals surface area contributed by atoms with Crippen LogP contribution in [0.5, 0.6) is 0 Å². The number of nitrogens with one attached hydrogen (secondary N) is 1. The van der Waals surface area contributed by atoms with Crippen LogP contribution in [0.15, 0.2) is 134 Å². The van der Waals surface area contributed by atoms with E-state index in [-0.39, 0.29) is 32.0 Å². The second-order valence-corrected chi connectivity index (χ2v) is 20.6. The van der Waals surface area contributed by atoms with E-state index in [1.165, 1.54) is 70.6 Å². The maximum atomic E-state index is 13.5. The van der Waals surface area contributed by atoms with Crippen molar-refractivity contribution in [1.82, 2.24) is 5.32 Å². The summed E-state index contributed by atoms with van der Waals surface area (Å²) in [5.41, 5.74) is 0. The smallest absolute Gasteiger partial charge is 0.456 e. The predicted molar refractivity (Wildman–Crippen MR) is 304 cm³/mol. The number of rotatable bonds is 47. The van der Waals surface area contributed by atoms with E-state index in [4.69, 9.17) is 13.8 Å². The third-order valence-electron chi connectivity index (χ3n) is 11.2. The first-order valence-electron chi connectivity index (χ1n) is 27.6. The van der Waals surface area contributed by atoms with Gasteiger partial charge in [0.05, 0.1) is 33.8 Å². The zero-order chi connectivity index (χ0) is 52.2. The van der Waals surface area contributed by atoms with Gasteiger partial charge in [0.25, 0.3) is 0 Å². The van der Waals surface area contributed by atoms with Crippen molar-refractivity contribution in [3.05, 3.63) is 134 Å². The van der Waals surface area contributed by atoms with Crippen LogP contribution in [0.1, 0.15) is 188 Å². The first-order valence-corrected chi connectivity index (χ1v) is 29.1. The minimum Gasteiger partial charge on any atom is -0.456 e. The number of likely N-dealkylation sites (N-methyl/N-ethyl adjacent to an activating group) is 1. The van der Waals surface area contributed by atoms with Gasteiger partial charge in [0.15, 0.2) is 0 Å². The maximum Gasteiger partial charge on any atom is 0.472 e. The quantitative estimate of drug-likeness (QED) is 0.0156. The van der Waals surface area contributed by atoms with Gasteiger partial charge in [0.1, 0.15) is 19.3 Å². The molecule has 0 heterocycles. The van der Waals surface area contributed by atoms with Gasteiger partial charge in [-0.3, -0.25) is 18.6 Å². The number of quaternary nitrogens is 1. The Morgan fingerprint density at radius 2 is 0.972 bits per heavy atom. The van der Waals surface area contributed by atoms with Gasteiger partial charge in [0.2, 0.25) is 5.91 Å². The molecule has 0 aromatic carbocycles. The van der Waals surface area contributed by atoms with Crippen LogP contribution in [0.25, 0.3) is 0 Å². The topological polar surface area (TPSA) is 111 Å². The molecule has 1 amide bonds. The number of hydrogen-bond donors (Lipinski definition) is 2. The second kappa shape index (κ2) is 49.7. The van der Waals surface area contributed by atoms with Crippen LogP contribution in [0.4, 0.5) is 0 Å². The van der Waals surface area contributed by atoms with Gasteiger partial charge in [-0.2, -0.15) is 0 Å². The lowest BCUT2D eigenvalue weighted by Crippen LogP contribution is -2.47. The SMILES string of the molecule is CC\C=C/C=C/C=C/C=C\C=C\C=C\CCCCCC(=O)NC(COP(=O)(O)OCC[N+](C)(C)C)C(/C=C/CCCCCCCCCCC)OC(=O)CCC/C=C\C/C=C\C/C=C\C/C=C\CCCCC. The number of amides is 1. The number of carbonyl (C=O) groups is 2. The van der Waals surface area contributed by atoms with Crippen LogP contribution < -0.4 is 5.32 Å². The summed E-state index contributed by atoms with van der Waals surface area (Å²) in [6, 6.07) is -0.902. The highest BCUT2D eigenvalue weighted by Crippen LogP contribution is 2.43. The molecule has 0 fully saturated rings. The lowest BCUT2D eigenvalue weighted by atomic mass is 10.1. The second-order valence-electron chi connectivity index (χ2n) is 19.2. The molecule has 3 unspecified atom stereocenters. The number of phosphoric ester groups is 1. The number of esters is 1. The summed E-state index contributed by atoms with van der Waals surface area (Å²) >= 11 is 0. The molecule has 0 radical (unpaired) electrons. The highest BCUT2D eigenvalue weighted by molar-refractivity contribution is 7.47. The summed E-state index contributed by atoms with van der Waals surface area (Å²) in [4.78, 5) is 37.5. The van der Waals surface area contributed by atoms with Gasteiger partial charge in [0, 0.05) is 12.8 Å². The highest BCUT2D eigenvalue weighted by Gasteiger charge is 2.30. The molecule has 0 saturated heterocycles. The summed E-state index contributed by atoms with van der Waals surface area (Å²) in [7, 11) is 1.41. The molecule has 71 heavy (non-hydrogen) atoms. The Balaban J connectivity index is 5.56. The monoisotopic (exact) mass is 1010 g/mol. The zero-order valence-electron chi connectivity index (χ0n) is 45.7. The third-order valence-corrected chi connectivity index (χ3v) is 12.2. The van der Waals surface area contributed by atoms with Gasteiger partial charge < -0.3 is 19.4 Å². The first kappa shape index (κ1) is 67.1. The predicted octanol–water partition coefficient (Wildman–Crippen LogP) is 16.5. The zero-order valence-corrected chi connectivity index (χ0v) is 46.5. The fourth-order valence-electron chi connectivity index (χ4n) is 6.96. The standard InChI is InChI=1S/C61H101N2O7P/c1-7-10-13-16-19-22-25-27-29-31-33-35-38-41-44-47-50-53-60(64)62-58(57-69-71(66,67)68-56-55-63(4,5)6)59(52-49-46-43-40-37-24-21-18-15-12-9-3)70-61(65)54-51-48-45-42-39-36-34-32-30-28-26-23-20-17-14-11-8-2/h10,13,16,19-20,22-23,25,27-31,33-36,38,42,45,49,52,58-59H,7-9,11-12,14-15,17-18,21,24,26,32,37,39-41,43-44,46-48,50-51,53-57H2,1-6H3,(H-,62,64,66,67)/p+1/b13-10-,19-16+,23-20-,25-22+,29-27-,30-28-,33-31+,36-34-,38-35+,45-42-,52-49+. The molecule has 0 aromatic heterocycles. The van der Waals surface area contributed by atoms with Gasteiger partial charge >= 0.3 is 13.8 Å². The highest BCUT2D eigenvalue weighted by atomic mass is 31.2. The van der Waals surface area contributed by atoms with Crippen molar-refractivity contribution in [2.75, 3.05) is 40.9 Å². The number of unbranched alkanes of at least 4 members (excludes halogenated alkanes) is 16. The van der Waals surface area contributed by atoms with E-state index in [2.05, 4.69) is 86.8 Å². The van der Waals surface area contributed by atoms with E-state index in [1.807, 2.05) is 94.1 Å². The summed E-state index contributed by atoms with van der Waals surface area (Å²) in [5.74, 6) is -0.637. The fourth-order valence-corrected chi connectivity index (χ4v) is 7.70. The molecule has 0 aliphatic heterocycles. The van der Waals surface area contributed by atoms with Crippen molar-refractivity contribution >= 4 is 19.7 Å². The third kappa shape index (κ3) is 50.9. The lowest BCUT2D eigenvalue weighted by Gasteiger charge is -2.27. The van der Waals surface area contributed by atoms with E-state index >= 15 is 0 Å². The van der Waals surface area contributed by atoms with E-state index in [0.29, 0.717) is 23.9 Å². The molecule has 0 aromatic rings.